The molecule has 114 valence electrons. The van der Waals surface area contributed by atoms with Crippen molar-refractivity contribution in [1.82, 2.24) is 4.90 Å². The fraction of sp³-hybridized carbons (Fsp3) is 0.588. The zero-order valence-electron chi connectivity index (χ0n) is 12.7. The van der Waals surface area contributed by atoms with E-state index in [0.29, 0.717) is 36.2 Å². The molecular weight excluding hydrogens is 265 g/mol. The zero-order valence-corrected chi connectivity index (χ0v) is 12.7. The van der Waals surface area contributed by atoms with E-state index in [1.54, 1.807) is 6.07 Å². The summed E-state index contributed by atoms with van der Waals surface area (Å²) in [5.41, 5.74) is 7.04. The van der Waals surface area contributed by atoms with Crippen LogP contribution < -0.4 is 5.73 Å². The molecule has 1 aromatic rings. The van der Waals surface area contributed by atoms with Gasteiger partial charge < -0.3 is 5.73 Å². The third kappa shape index (κ3) is 3.81. The summed E-state index contributed by atoms with van der Waals surface area (Å²) >= 11 is 0. The molecule has 1 saturated carbocycles. The third-order valence-electron chi connectivity index (χ3n) is 4.60. The van der Waals surface area contributed by atoms with Crippen LogP contribution in [0.15, 0.2) is 18.2 Å². The molecule has 0 radical (unpaired) electrons. The smallest absolute Gasteiger partial charge is 0.127 e. The number of nitrogens with zero attached hydrogens (tertiary/aromatic N) is 2. The second kappa shape index (κ2) is 7.53. The van der Waals surface area contributed by atoms with Crippen LogP contribution in [-0.2, 0) is 6.54 Å². The van der Waals surface area contributed by atoms with E-state index >= 15 is 0 Å². The lowest BCUT2D eigenvalue weighted by Gasteiger charge is -2.39. The van der Waals surface area contributed by atoms with Gasteiger partial charge in [0.15, 0.2) is 0 Å². The maximum absolute atomic E-state index is 14.0. The largest absolute Gasteiger partial charge is 0.330 e. The number of nitriles is 1. The summed E-state index contributed by atoms with van der Waals surface area (Å²) in [6.45, 7) is 4.23. The minimum Gasteiger partial charge on any atom is -0.330 e. The van der Waals surface area contributed by atoms with Gasteiger partial charge in [0.25, 0.3) is 0 Å². The summed E-state index contributed by atoms with van der Waals surface area (Å²) < 4.78 is 14.0. The first-order valence-electron chi connectivity index (χ1n) is 7.82. The molecule has 1 fully saturated rings. The molecule has 0 heterocycles. The van der Waals surface area contributed by atoms with Crippen LogP contribution in [0.3, 0.4) is 0 Å². The van der Waals surface area contributed by atoms with Crippen LogP contribution >= 0.6 is 0 Å². The van der Waals surface area contributed by atoms with Gasteiger partial charge in [-0.05, 0) is 50.0 Å². The van der Waals surface area contributed by atoms with Crippen molar-refractivity contribution in [3.63, 3.8) is 0 Å². The van der Waals surface area contributed by atoms with Crippen molar-refractivity contribution in [2.24, 2.45) is 11.7 Å². The lowest BCUT2D eigenvalue weighted by Crippen LogP contribution is -2.44. The van der Waals surface area contributed by atoms with E-state index in [1.165, 1.54) is 31.4 Å². The average Bonchev–Trinajstić information content (AvgIpc) is 2.54. The molecule has 3 nitrogen and oxygen atoms in total. The van der Waals surface area contributed by atoms with E-state index in [1.807, 2.05) is 0 Å². The van der Waals surface area contributed by atoms with Crippen LogP contribution in [0.2, 0.25) is 0 Å². The topological polar surface area (TPSA) is 53.0 Å². The van der Waals surface area contributed by atoms with Crippen LogP contribution in [0.25, 0.3) is 0 Å². The lowest BCUT2D eigenvalue weighted by atomic mass is 9.83. The van der Waals surface area contributed by atoms with Crippen LogP contribution in [0.1, 0.15) is 43.7 Å². The average molecular weight is 289 g/mol. The molecule has 0 saturated heterocycles. The van der Waals surface area contributed by atoms with Crippen molar-refractivity contribution in [2.75, 3.05) is 13.1 Å². The Kier molecular flexibility index (Phi) is 5.72. The van der Waals surface area contributed by atoms with Crippen LogP contribution in [0, 0.1) is 23.1 Å². The van der Waals surface area contributed by atoms with Gasteiger partial charge in [0, 0.05) is 18.2 Å². The van der Waals surface area contributed by atoms with Gasteiger partial charge in [-0.3, -0.25) is 4.90 Å². The van der Waals surface area contributed by atoms with Crippen molar-refractivity contribution in [3.05, 3.63) is 35.1 Å². The molecule has 2 atom stereocenters. The molecule has 0 amide bonds. The van der Waals surface area contributed by atoms with Gasteiger partial charge in [0.05, 0.1) is 11.6 Å². The molecule has 2 rings (SSSR count). The normalized spacial score (nSPS) is 22.2. The molecule has 1 aromatic carbocycles. The van der Waals surface area contributed by atoms with E-state index in [2.05, 4.69) is 17.9 Å². The first-order chi connectivity index (χ1) is 10.2. The Labute approximate surface area is 126 Å². The Bertz CT molecular complexity index is 509. The highest BCUT2D eigenvalue weighted by Gasteiger charge is 2.28. The maximum Gasteiger partial charge on any atom is 0.127 e. The Morgan fingerprint density at radius 3 is 2.81 bits per heavy atom. The monoisotopic (exact) mass is 289 g/mol. The van der Waals surface area contributed by atoms with Crippen LogP contribution in [0.4, 0.5) is 4.39 Å². The molecule has 1 aliphatic rings. The number of halogens is 1. The highest BCUT2D eigenvalue weighted by atomic mass is 19.1. The first-order valence-corrected chi connectivity index (χ1v) is 7.82. The number of rotatable bonds is 5. The number of nitrogens with two attached hydrogens (primary N) is 1. The number of hydrogen-bond donors (Lipinski definition) is 1. The van der Waals surface area contributed by atoms with Gasteiger partial charge in [-0.15, -0.1) is 0 Å². The van der Waals surface area contributed by atoms with E-state index < -0.39 is 0 Å². The Morgan fingerprint density at radius 1 is 1.38 bits per heavy atom. The standard InChI is InChI=1S/C17H24FN3/c1-2-21(17-6-4-3-5-14(17)11-20)12-15-9-13(10-19)7-8-16(15)18/h7-9,14,17H,2-6,11-12,20H2,1H3. The highest BCUT2D eigenvalue weighted by molar-refractivity contribution is 5.33. The Hall–Kier alpha value is -1.44. The molecule has 2 unspecified atom stereocenters. The van der Waals surface area contributed by atoms with Crippen LogP contribution in [0.5, 0.6) is 0 Å². The molecule has 0 aromatic heterocycles. The van der Waals surface area contributed by atoms with Crippen molar-refractivity contribution in [3.8, 4) is 6.07 Å². The van der Waals surface area contributed by atoms with Crippen molar-refractivity contribution in [2.45, 2.75) is 45.2 Å². The highest BCUT2D eigenvalue weighted by Crippen LogP contribution is 2.29. The minimum absolute atomic E-state index is 0.229. The zero-order chi connectivity index (χ0) is 15.2. The van der Waals surface area contributed by atoms with Gasteiger partial charge in [0.1, 0.15) is 5.82 Å². The SMILES string of the molecule is CCN(Cc1cc(C#N)ccc1F)C1CCCCC1CN. The predicted molar refractivity (Wildman–Crippen MR) is 82.0 cm³/mol. The summed E-state index contributed by atoms with van der Waals surface area (Å²) in [5.74, 6) is 0.272. The third-order valence-corrected chi connectivity index (χ3v) is 4.60. The van der Waals surface area contributed by atoms with E-state index in [4.69, 9.17) is 11.0 Å². The molecule has 4 heteroatoms. The van der Waals surface area contributed by atoms with E-state index in [9.17, 15) is 4.39 Å². The number of hydrogen-bond acceptors (Lipinski definition) is 3. The van der Waals surface area contributed by atoms with Gasteiger partial charge in [0.2, 0.25) is 0 Å². The van der Waals surface area contributed by atoms with Crippen molar-refractivity contribution < 1.29 is 4.39 Å². The number of benzene rings is 1. The summed E-state index contributed by atoms with van der Waals surface area (Å²) in [4.78, 5) is 2.32. The Morgan fingerprint density at radius 2 is 2.14 bits per heavy atom. The van der Waals surface area contributed by atoms with Gasteiger partial charge in [-0.25, -0.2) is 4.39 Å². The minimum atomic E-state index is -0.229. The second-order valence-corrected chi connectivity index (χ2v) is 5.83. The summed E-state index contributed by atoms with van der Waals surface area (Å²) in [6, 6.07) is 7.09. The fourth-order valence-corrected chi connectivity index (χ4v) is 3.39. The predicted octanol–water partition coefficient (Wildman–Crippen LogP) is 3.04. The first kappa shape index (κ1) is 15.9. The molecule has 1 aliphatic carbocycles. The molecule has 0 aliphatic heterocycles. The lowest BCUT2D eigenvalue weighted by molar-refractivity contribution is 0.104. The summed E-state index contributed by atoms with van der Waals surface area (Å²) in [7, 11) is 0. The quantitative estimate of drug-likeness (QED) is 0.906. The maximum atomic E-state index is 14.0. The molecular formula is C17H24FN3. The molecule has 2 N–H and O–H groups in total. The summed E-state index contributed by atoms with van der Waals surface area (Å²) in [5, 5.41) is 8.97. The second-order valence-electron chi connectivity index (χ2n) is 5.83. The van der Waals surface area contributed by atoms with Gasteiger partial charge in [-0.2, -0.15) is 5.26 Å². The molecule has 21 heavy (non-hydrogen) atoms. The summed E-state index contributed by atoms with van der Waals surface area (Å²) in [6.07, 6.45) is 4.76. The van der Waals surface area contributed by atoms with Crippen molar-refractivity contribution in [1.29, 1.82) is 5.26 Å². The molecule has 0 bridgehead atoms. The van der Waals surface area contributed by atoms with Crippen molar-refractivity contribution >= 4 is 0 Å². The fourth-order valence-electron chi connectivity index (χ4n) is 3.39. The molecule has 0 spiro atoms. The van der Waals surface area contributed by atoms with Crippen LogP contribution in [-0.4, -0.2) is 24.0 Å². The van der Waals surface area contributed by atoms with E-state index in [-0.39, 0.29) is 5.82 Å². The van der Waals surface area contributed by atoms with E-state index in [0.717, 1.165) is 13.0 Å². The Balaban J connectivity index is 2.16. The van der Waals surface area contributed by atoms with Gasteiger partial charge in [-0.1, -0.05) is 19.8 Å². The van der Waals surface area contributed by atoms with Gasteiger partial charge >= 0.3 is 0 Å².